The lowest BCUT2D eigenvalue weighted by Crippen LogP contribution is -2.31. The lowest BCUT2D eigenvalue weighted by atomic mass is 10.1. The summed E-state index contributed by atoms with van der Waals surface area (Å²) in [4.78, 5) is 38.5. The summed E-state index contributed by atoms with van der Waals surface area (Å²) in [6.45, 7) is 2.28. The first kappa shape index (κ1) is 19.8. The van der Waals surface area contributed by atoms with Gasteiger partial charge in [0.1, 0.15) is 10.8 Å². The molecule has 1 aliphatic rings. The van der Waals surface area contributed by atoms with Crippen LogP contribution in [-0.4, -0.2) is 24.4 Å². The molecular formula is C21H17ClFNO4. The van der Waals surface area contributed by atoms with Crippen molar-refractivity contribution in [2.75, 3.05) is 11.5 Å². The second-order valence-electron chi connectivity index (χ2n) is 6.18. The van der Waals surface area contributed by atoms with E-state index in [2.05, 4.69) is 0 Å². The SMILES string of the molecule is CCCCOC(=O)c1cccc(N2C(=O)C(Cl)=C(c3ccc(F)cc3)C2=O)c1. The third-order valence-electron chi connectivity index (χ3n) is 4.23. The molecule has 7 heteroatoms. The average molecular weight is 402 g/mol. The number of hydrogen-bond acceptors (Lipinski definition) is 4. The molecule has 0 unspecified atom stereocenters. The lowest BCUT2D eigenvalue weighted by molar-refractivity contribution is -0.119. The Morgan fingerprint density at radius 3 is 2.50 bits per heavy atom. The standard InChI is InChI=1S/C21H17ClFNO4/c1-2-3-11-28-21(27)14-5-4-6-16(12-14)24-19(25)17(18(22)20(24)26)13-7-9-15(23)10-8-13/h4-10,12H,2-3,11H2,1H3. The number of carbonyl (C=O) groups is 3. The summed E-state index contributed by atoms with van der Waals surface area (Å²) in [5.74, 6) is -2.35. The smallest absolute Gasteiger partial charge is 0.338 e. The van der Waals surface area contributed by atoms with E-state index in [-0.39, 0.29) is 21.9 Å². The van der Waals surface area contributed by atoms with Crippen LogP contribution in [0.4, 0.5) is 10.1 Å². The van der Waals surface area contributed by atoms with E-state index in [1.165, 1.54) is 36.4 Å². The third kappa shape index (κ3) is 3.82. The van der Waals surface area contributed by atoms with E-state index >= 15 is 0 Å². The van der Waals surface area contributed by atoms with Gasteiger partial charge < -0.3 is 4.74 Å². The van der Waals surface area contributed by atoms with Gasteiger partial charge in [-0.15, -0.1) is 0 Å². The summed E-state index contributed by atoms with van der Waals surface area (Å²) in [6, 6.07) is 11.1. The van der Waals surface area contributed by atoms with Gasteiger partial charge in [0.2, 0.25) is 0 Å². The maximum absolute atomic E-state index is 13.2. The number of amides is 2. The van der Waals surface area contributed by atoms with Gasteiger partial charge in [-0.05, 0) is 42.3 Å². The van der Waals surface area contributed by atoms with Crippen LogP contribution in [0.3, 0.4) is 0 Å². The van der Waals surface area contributed by atoms with Crippen LogP contribution in [0, 0.1) is 5.82 Å². The van der Waals surface area contributed by atoms with Crippen molar-refractivity contribution >= 4 is 40.6 Å². The summed E-state index contributed by atoms with van der Waals surface area (Å²) in [5.41, 5.74) is 0.751. The Morgan fingerprint density at radius 1 is 1.11 bits per heavy atom. The van der Waals surface area contributed by atoms with Gasteiger partial charge in [-0.2, -0.15) is 0 Å². The Bertz CT molecular complexity index is 969. The van der Waals surface area contributed by atoms with Crippen molar-refractivity contribution in [3.8, 4) is 0 Å². The minimum atomic E-state index is -0.706. The number of hydrogen-bond donors (Lipinski definition) is 0. The highest BCUT2D eigenvalue weighted by molar-refractivity contribution is 6.60. The van der Waals surface area contributed by atoms with Crippen molar-refractivity contribution in [2.45, 2.75) is 19.8 Å². The van der Waals surface area contributed by atoms with Crippen LogP contribution in [0.1, 0.15) is 35.7 Å². The minimum absolute atomic E-state index is 0.0115. The second-order valence-corrected chi connectivity index (χ2v) is 6.56. The van der Waals surface area contributed by atoms with Crippen molar-refractivity contribution in [3.05, 3.63) is 70.5 Å². The molecule has 0 fully saturated rings. The van der Waals surface area contributed by atoms with Gasteiger partial charge >= 0.3 is 5.97 Å². The normalized spacial score (nSPS) is 14.0. The zero-order valence-electron chi connectivity index (χ0n) is 15.1. The van der Waals surface area contributed by atoms with E-state index in [4.69, 9.17) is 16.3 Å². The zero-order valence-corrected chi connectivity index (χ0v) is 15.8. The summed E-state index contributed by atoms with van der Waals surface area (Å²) in [7, 11) is 0. The van der Waals surface area contributed by atoms with Gasteiger partial charge in [0.15, 0.2) is 0 Å². The molecule has 2 amide bonds. The Hall–Kier alpha value is -2.99. The predicted molar refractivity (Wildman–Crippen MR) is 103 cm³/mol. The molecule has 1 aliphatic heterocycles. The van der Waals surface area contributed by atoms with Crippen molar-refractivity contribution in [2.24, 2.45) is 0 Å². The average Bonchev–Trinajstić information content (AvgIpc) is 2.91. The van der Waals surface area contributed by atoms with Crippen LogP contribution < -0.4 is 4.90 Å². The molecule has 0 atom stereocenters. The third-order valence-corrected chi connectivity index (χ3v) is 4.58. The molecule has 0 N–H and O–H groups in total. The molecule has 144 valence electrons. The fourth-order valence-electron chi connectivity index (χ4n) is 2.77. The van der Waals surface area contributed by atoms with Gasteiger partial charge in [-0.25, -0.2) is 14.1 Å². The molecule has 28 heavy (non-hydrogen) atoms. The zero-order chi connectivity index (χ0) is 20.3. The minimum Gasteiger partial charge on any atom is -0.462 e. The molecular weight excluding hydrogens is 385 g/mol. The number of anilines is 1. The Kier molecular flexibility index (Phi) is 5.90. The van der Waals surface area contributed by atoms with Crippen molar-refractivity contribution < 1.29 is 23.5 Å². The van der Waals surface area contributed by atoms with E-state index in [0.717, 1.165) is 17.7 Å². The first-order valence-corrected chi connectivity index (χ1v) is 9.13. The van der Waals surface area contributed by atoms with Crippen LogP contribution in [0.15, 0.2) is 53.6 Å². The lowest BCUT2D eigenvalue weighted by Gasteiger charge is -2.16. The molecule has 0 bridgehead atoms. The van der Waals surface area contributed by atoms with Gasteiger partial charge in [0.25, 0.3) is 11.8 Å². The number of esters is 1. The molecule has 2 aromatic rings. The summed E-state index contributed by atoms with van der Waals surface area (Å²) in [6.07, 6.45) is 1.63. The topological polar surface area (TPSA) is 63.7 Å². The van der Waals surface area contributed by atoms with Crippen LogP contribution in [-0.2, 0) is 14.3 Å². The van der Waals surface area contributed by atoms with Gasteiger partial charge in [0, 0.05) is 0 Å². The van der Waals surface area contributed by atoms with Crippen molar-refractivity contribution in [3.63, 3.8) is 0 Å². The van der Waals surface area contributed by atoms with E-state index in [1.807, 2.05) is 6.92 Å². The molecule has 0 spiro atoms. The molecule has 3 rings (SSSR count). The molecule has 0 radical (unpaired) electrons. The fourth-order valence-corrected chi connectivity index (χ4v) is 3.04. The highest BCUT2D eigenvalue weighted by Crippen LogP contribution is 2.35. The van der Waals surface area contributed by atoms with Crippen LogP contribution in [0.2, 0.25) is 0 Å². The summed E-state index contributed by atoms with van der Waals surface area (Å²) < 4.78 is 18.3. The fraction of sp³-hybridized carbons (Fsp3) is 0.190. The maximum Gasteiger partial charge on any atom is 0.338 e. The van der Waals surface area contributed by atoms with Crippen LogP contribution >= 0.6 is 11.6 Å². The molecule has 2 aromatic carbocycles. The largest absolute Gasteiger partial charge is 0.462 e. The molecule has 0 aliphatic carbocycles. The molecule has 5 nitrogen and oxygen atoms in total. The number of benzene rings is 2. The number of carbonyl (C=O) groups excluding carboxylic acids is 3. The van der Waals surface area contributed by atoms with Crippen LogP contribution in [0.5, 0.6) is 0 Å². The number of ether oxygens (including phenoxy) is 1. The van der Waals surface area contributed by atoms with E-state index in [0.29, 0.717) is 12.2 Å². The quantitative estimate of drug-likeness (QED) is 0.411. The van der Waals surface area contributed by atoms with Gasteiger partial charge in [0.05, 0.1) is 23.4 Å². The number of halogens is 2. The molecule has 0 saturated carbocycles. The molecule has 0 aromatic heterocycles. The number of rotatable bonds is 6. The highest BCUT2D eigenvalue weighted by atomic mass is 35.5. The summed E-state index contributed by atoms with van der Waals surface area (Å²) in [5, 5.41) is -0.257. The number of nitrogens with zero attached hydrogens (tertiary/aromatic N) is 1. The highest BCUT2D eigenvalue weighted by Gasteiger charge is 2.39. The van der Waals surface area contributed by atoms with E-state index < -0.39 is 23.6 Å². The maximum atomic E-state index is 13.2. The monoisotopic (exact) mass is 401 g/mol. The Balaban J connectivity index is 1.88. The molecule has 1 heterocycles. The summed E-state index contributed by atoms with van der Waals surface area (Å²) >= 11 is 6.11. The van der Waals surface area contributed by atoms with Gasteiger partial charge in [-0.1, -0.05) is 43.1 Å². The predicted octanol–water partition coefficient (Wildman–Crippen LogP) is 4.31. The number of imide groups is 1. The first-order valence-electron chi connectivity index (χ1n) is 8.75. The molecule has 0 saturated heterocycles. The Morgan fingerprint density at radius 2 is 1.82 bits per heavy atom. The van der Waals surface area contributed by atoms with Crippen molar-refractivity contribution in [1.82, 2.24) is 0 Å². The van der Waals surface area contributed by atoms with Gasteiger partial charge in [-0.3, -0.25) is 9.59 Å². The van der Waals surface area contributed by atoms with Crippen molar-refractivity contribution in [1.29, 1.82) is 0 Å². The first-order chi connectivity index (χ1) is 13.4. The second kappa shape index (κ2) is 8.35. The van der Waals surface area contributed by atoms with E-state index in [9.17, 15) is 18.8 Å². The Labute approximate surface area is 166 Å². The van der Waals surface area contributed by atoms with Crippen LogP contribution in [0.25, 0.3) is 5.57 Å². The van der Waals surface area contributed by atoms with E-state index in [1.54, 1.807) is 12.1 Å². The number of unbranched alkanes of at least 4 members (excludes halogenated alkanes) is 1.